The first-order valence-corrected chi connectivity index (χ1v) is 6.97. The van der Waals surface area contributed by atoms with Crippen LogP contribution < -0.4 is 0 Å². The second kappa shape index (κ2) is 6.90. The number of aliphatic hydroxyl groups is 1. The molecule has 0 atom stereocenters. The van der Waals surface area contributed by atoms with Crippen molar-refractivity contribution >= 4 is 12.0 Å². The molecule has 116 valence electrons. The molecule has 1 aliphatic rings. The van der Waals surface area contributed by atoms with Gasteiger partial charge in [0.15, 0.2) is 0 Å². The monoisotopic (exact) mass is 287 g/mol. The third kappa shape index (κ3) is 3.61. The molecular formula is C13H25N3O4. The number of rotatable bonds is 5. The van der Waals surface area contributed by atoms with Crippen molar-refractivity contribution in [1.82, 2.24) is 14.7 Å². The van der Waals surface area contributed by atoms with Gasteiger partial charge in [0.2, 0.25) is 0 Å². The van der Waals surface area contributed by atoms with Gasteiger partial charge < -0.3 is 20.0 Å². The van der Waals surface area contributed by atoms with Gasteiger partial charge in [-0.25, -0.2) is 9.59 Å². The Balaban J connectivity index is 2.67. The van der Waals surface area contributed by atoms with E-state index in [2.05, 4.69) is 4.90 Å². The Morgan fingerprint density at radius 2 is 1.75 bits per heavy atom. The van der Waals surface area contributed by atoms with Gasteiger partial charge >= 0.3 is 12.0 Å². The van der Waals surface area contributed by atoms with Crippen molar-refractivity contribution in [3.63, 3.8) is 0 Å². The van der Waals surface area contributed by atoms with Crippen LogP contribution in [0.2, 0.25) is 0 Å². The number of nitrogens with zero attached hydrogens (tertiary/aromatic N) is 3. The summed E-state index contributed by atoms with van der Waals surface area (Å²) < 4.78 is 0. The number of β-amino-alcohol motifs (C(OH)–C–C–N with tert-alkyl or cyclic N) is 1. The molecule has 0 spiro atoms. The molecule has 7 nitrogen and oxygen atoms in total. The van der Waals surface area contributed by atoms with E-state index in [1.54, 1.807) is 25.7 Å². The molecule has 0 aromatic carbocycles. The minimum Gasteiger partial charge on any atom is -0.480 e. The average molecular weight is 287 g/mol. The molecule has 0 radical (unpaired) electrons. The zero-order valence-corrected chi connectivity index (χ0v) is 12.5. The number of carbonyl (C=O) groups is 2. The van der Waals surface area contributed by atoms with Crippen LogP contribution in [-0.2, 0) is 4.79 Å². The quantitative estimate of drug-likeness (QED) is 0.738. The van der Waals surface area contributed by atoms with E-state index >= 15 is 0 Å². The van der Waals surface area contributed by atoms with Gasteiger partial charge in [0.25, 0.3) is 0 Å². The van der Waals surface area contributed by atoms with Crippen molar-refractivity contribution in [2.24, 2.45) is 0 Å². The van der Waals surface area contributed by atoms with Crippen LogP contribution in [-0.4, -0.2) is 88.3 Å². The summed E-state index contributed by atoms with van der Waals surface area (Å²) in [6.45, 7) is 8.48. The summed E-state index contributed by atoms with van der Waals surface area (Å²) in [4.78, 5) is 28.9. The molecule has 1 fully saturated rings. The van der Waals surface area contributed by atoms with Gasteiger partial charge in [0.05, 0.1) is 6.61 Å². The van der Waals surface area contributed by atoms with E-state index in [1.807, 2.05) is 0 Å². The highest BCUT2D eigenvalue weighted by Gasteiger charge is 2.39. The van der Waals surface area contributed by atoms with Gasteiger partial charge in [-0.05, 0) is 20.8 Å². The van der Waals surface area contributed by atoms with E-state index in [1.165, 1.54) is 4.90 Å². The number of likely N-dealkylation sites (N-methyl/N-ethyl adjacent to an activating group) is 1. The fourth-order valence-electron chi connectivity index (χ4n) is 2.36. The van der Waals surface area contributed by atoms with Crippen molar-refractivity contribution in [3.05, 3.63) is 0 Å². The number of aliphatic hydroxyl groups excluding tert-OH is 1. The number of urea groups is 1. The van der Waals surface area contributed by atoms with E-state index < -0.39 is 11.5 Å². The van der Waals surface area contributed by atoms with E-state index in [9.17, 15) is 14.7 Å². The molecular weight excluding hydrogens is 262 g/mol. The molecule has 1 heterocycles. The fraction of sp³-hybridized carbons (Fsp3) is 0.846. The van der Waals surface area contributed by atoms with Crippen LogP contribution in [0.1, 0.15) is 20.8 Å². The minimum absolute atomic E-state index is 0.112. The molecule has 1 aliphatic heterocycles. The maximum absolute atomic E-state index is 12.5. The summed E-state index contributed by atoms with van der Waals surface area (Å²) in [5, 5.41) is 18.1. The Labute approximate surface area is 119 Å². The molecule has 20 heavy (non-hydrogen) atoms. The van der Waals surface area contributed by atoms with Crippen LogP contribution in [0.25, 0.3) is 0 Å². The SMILES string of the molecule is CCN(C(=O)N1CCN(CCO)CC1)C(C)(C)C(=O)O. The number of carbonyl (C=O) groups excluding carboxylic acids is 1. The summed E-state index contributed by atoms with van der Waals surface area (Å²) in [5.74, 6) is -1.01. The maximum atomic E-state index is 12.5. The number of hydrogen-bond acceptors (Lipinski definition) is 4. The lowest BCUT2D eigenvalue weighted by Crippen LogP contribution is -2.60. The smallest absolute Gasteiger partial charge is 0.329 e. The first kappa shape index (κ1) is 16.7. The van der Waals surface area contributed by atoms with Crippen LogP contribution in [0, 0.1) is 0 Å². The lowest BCUT2D eigenvalue weighted by atomic mass is 10.0. The Morgan fingerprint density at radius 1 is 1.20 bits per heavy atom. The molecule has 1 saturated heterocycles. The van der Waals surface area contributed by atoms with Crippen LogP contribution >= 0.6 is 0 Å². The normalized spacial score (nSPS) is 17.1. The maximum Gasteiger partial charge on any atom is 0.329 e. The molecule has 2 amide bonds. The van der Waals surface area contributed by atoms with Gasteiger partial charge in [-0.15, -0.1) is 0 Å². The van der Waals surface area contributed by atoms with Gasteiger partial charge in [-0.1, -0.05) is 0 Å². The predicted octanol–water partition coefficient (Wildman–Crippen LogP) is -0.0986. The summed E-state index contributed by atoms with van der Waals surface area (Å²) in [6, 6.07) is -0.233. The third-order valence-corrected chi connectivity index (χ3v) is 3.80. The number of carboxylic acids is 1. The highest BCUT2D eigenvalue weighted by atomic mass is 16.4. The van der Waals surface area contributed by atoms with Crippen molar-refractivity contribution < 1.29 is 19.8 Å². The Kier molecular flexibility index (Phi) is 5.76. The van der Waals surface area contributed by atoms with E-state index in [-0.39, 0.29) is 12.6 Å². The van der Waals surface area contributed by atoms with Gasteiger partial charge in [-0.2, -0.15) is 0 Å². The van der Waals surface area contributed by atoms with Crippen molar-refractivity contribution in [2.45, 2.75) is 26.3 Å². The second-order valence-electron chi connectivity index (χ2n) is 5.44. The fourth-order valence-corrected chi connectivity index (χ4v) is 2.36. The number of amides is 2. The zero-order chi connectivity index (χ0) is 15.3. The second-order valence-corrected chi connectivity index (χ2v) is 5.44. The zero-order valence-electron chi connectivity index (χ0n) is 12.5. The largest absolute Gasteiger partial charge is 0.480 e. The summed E-state index contributed by atoms with van der Waals surface area (Å²) in [5.41, 5.74) is -1.21. The number of hydrogen-bond donors (Lipinski definition) is 2. The molecule has 0 bridgehead atoms. The highest BCUT2D eigenvalue weighted by Crippen LogP contribution is 2.17. The molecule has 7 heteroatoms. The standard InChI is InChI=1S/C13H25N3O4/c1-4-16(13(2,3)11(18)19)12(20)15-7-5-14(6-8-15)9-10-17/h17H,4-10H2,1-3H3,(H,18,19). The van der Waals surface area contributed by atoms with E-state index in [0.717, 1.165) is 0 Å². The molecule has 0 aromatic heterocycles. The van der Waals surface area contributed by atoms with Crippen LogP contribution in [0.3, 0.4) is 0 Å². The lowest BCUT2D eigenvalue weighted by molar-refractivity contribution is -0.147. The Hall–Kier alpha value is -1.34. The van der Waals surface area contributed by atoms with Crippen LogP contribution in [0.4, 0.5) is 4.79 Å². The van der Waals surface area contributed by atoms with E-state index in [4.69, 9.17) is 5.11 Å². The Bertz CT molecular complexity index is 352. The molecule has 0 saturated carbocycles. The third-order valence-electron chi connectivity index (χ3n) is 3.80. The number of piperazine rings is 1. The minimum atomic E-state index is -1.21. The summed E-state index contributed by atoms with van der Waals surface area (Å²) in [6.07, 6.45) is 0. The summed E-state index contributed by atoms with van der Waals surface area (Å²) >= 11 is 0. The molecule has 2 N–H and O–H groups in total. The van der Waals surface area contributed by atoms with Gasteiger partial charge in [0, 0.05) is 39.3 Å². The number of carboxylic acid groups (broad SMARTS) is 1. The van der Waals surface area contributed by atoms with Crippen molar-refractivity contribution in [2.75, 3.05) is 45.9 Å². The number of aliphatic carboxylic acids is 1. The van der Waals surface area contributed by atoms with Gasteiger partial charge in [-0.3, -0.25) is 4.90 Å². The predicted molar refractivity (Wildman–Crippen MR) is 74.6 cm³/mol. The first-order chi connectivity index (χ1) is 9.34. The molecule has 0 aliphatic carbocycles. The molecule has 0 unspecified atom stereocenters. The summed E-state index contributed by atoms with van der Waals surface area (Å²) in [7, 11) is 0. The topological polar surface area (TPSA) is 84.3 Å². The highest BCUT2D eigenvalue weighted by molar-refractivity contribution is 5.85. The van der Waals surface area contributed by atoms with Crippen molar-refractivity contribution in [1.29, 1.82) is 0 Å². The van der Waals surface area contributed by atoms with Crippen LogP contribution in [0.5, 0.6) is 0 Å². The Morgan fingerprint density at radius 3 is 2.15 bits per heavy atom. The molecule has 1 rings (SSSR count). The van der Waals surface area contributed by atoms with Gasteiger partial charge in [0.1, 0.15) is 5.54 Å². The van der Waals surface area contributed by atoms with E-state index in [0.29, 0.717) is 39.3 Å². The lowest BCUT2D eigenvalue weighted by Gasteiger charge is -2.41. The average Bonchev–Trinajstić information content (AvgIpc) is 2.40. The van der Waals surface area contributed by atoms with Crippen molar-refractivity contribution in [3.8, 4) is 0 Å². The first-order valence-electron chi connectivity index (χ1n) is 6.97. The molecule has 0 aromatic rings. The van der Waals surface area contributed by atoms with Crippen LogP contribution in [0.15, 0.2) is 0 Å².